The first kappa shape index (κ1) is 16.7. The summed E-state index contributed by atoms with van der Waals surface area (Å²) < 4.78 is 0.995. The summed E-state index contributed by atoms with van der Waals surface area (Å²) in [6.45, 7) is 0. The first-order valence-corrected chi connectivity index (χ1v) is 9.05. The van der Waals surface area contributed by atoms with Gasteiger partial charge in [-0.1, -0.05) is 39.7 Å². The second-order valence-electron chi connectivity index (χ2n) is 4.87. The van der Waals surface area contributed by atoms with Crippen LogP contribution in [-0.4, -0.2) is 4.98 Å². The van der Waals surface area contributed by atoms with Crippen LogP contribution in [0.1, 0.15) is 5.01 Å². The molecule has 0 bridgehead atoms. The molecule has 24 heavy (non-hydrogen) atoms. The Morgan fingerprint density at radius 3 is 2.75 bits per heavy atom. The highest BCUT2D eigenvalue weighted by molar-refractivity contribution is 9.10. The summed E-state index contributed by atoms with van der Waals surface area (Å²) >= 11 is 10.8. The second-order valence-corrected chi connectivity index (χ2v) is 7.08. The van der Waals surface area contributed by atoms with E-state index in [1.807, 2.05) is 41.8 Å². The van der Waals surface area contributed by atoms with Crippen molar-refractivity contribution in [1.82, 2.24) is 4.98 Å². The lowest BCUT2D eigenvalue weighted by atomic mass is 10.2. The predicted octanol–water partition coefficient (Wildman–Crippen LogP) is 6.20. The molecule has 0 fully saturated rings. The summed E-state index contributed by atoms with van der Waals surface area (Å²) in [4.78, 5) is 4.56. The van der Waals surface area contributed by atoms with Crippen LogP contribution in [0.3, 0.4) is 0 Å². The van der Waals surface area contributed by atoms with Crippen LogP contribution in [0.15, 0.2) is 64.6 Å². The largest absolute Gasteiger partial charge is 0.360 e. The Labute approximate surface area is 157 Å². The molecule has 0 aliphatic heterocycles. The molecule has 3 rings (SSSR count). The number of allylic oxidation sites excluding steroid dienone is 1. The lowest BCUT2D eigenvalue weighted by molar-refractivity contribution is 1.36. The molecule has 0 aliphatic carbocycles. The first-order chi connectivity index (χ1) is 11.7. The highest BCUT2D eigenvalue weighted by Gasteiger charge is 2.09. The molecule has 0 spiro atoms. The van der Waals surface area contributed by atoms with Crippen molar-refractivity contribution in [3.05, 3.63) is 74.6 Å². The molecule has 1 aromatic heterocycles. The van der Waals surface area contributed by atoms with Gasteiger partial charge in [0.05, 0.1) is 5.69 Å². The Balaban J connectivity index is 1.83. The quantitative estimate of drug-likeness (QED) is 0.515. The van der Waals surface area contributed by atoms with Gasteiger partial charge >= 0.3 is 0 Å². The van der Waals surface area contributed by atoms with Crippen molar-refractivity contribution in [2.45, 2.75) is 0 Å². The van der Waals surface area contributed by atoms with Gasteiger partial charge in [-0.25, -0.2) is 4.98 Å². The van der Waals surface area contributed by atoms with E-state index in [1.54, 1.807) is 18.3 Å². The minimum absolute atomic E-state index is 0.483. The molecule has 0 radical (unpaired) electrons. The second kappa shape index (κ2) is 7.63. The van der Waals surface area contributed by atoms with Crippen LogP contribution >= 0.6 is 38.9 Å². The molecule has 0 amide bonds. The number of hydrogen-bond donors (Lipinski definition) is 1. The Morgan fingerprint density at radius 2 is 2.04 bits per heavy atom. The summed E-state index contributed by atoms with van der Waals surface area (Å²) in [7, 11) is 0. The van der Waals surface area contributed by atoms with Crippen molar-refractivity contribution in [3.8, 4) is 17.3 Å². The van der Waals surface area contributed by atoms with Crippen molar-refractivity contribution >= 4 is 50.1 Å². The van der Waals surface area contributed by atoms with Gasteiger partial charge in [-0.3, -0.25) is 0 Å². The van der Waals surface area contributed by atoms with E-state index in [0.717, 1.165) is 21.4 Å². The number of anilines is 1. The molecule has 0 saturated carbocycles. The maximum absolute atomic E-state index is 9.41. The number of hydrogen-bond acceptors (Lipinski definition) is 4. The summed E-state index contributed by atoms with van der Waals surface area (Å²) in [5.41, 5.74) is 3.20. The molecular weight excluding hydrogens is 406 g/mol. The van der Waals surface area contributed by atoms with Crippen molar-refractivity contribution in [2.75, 3.05) is 5.32 Å². The van der Waals surface area contributed by atoms with Crippen molar-refractivity contribution in [1.29, 1.82) is 5.26 Å². The predicted molar refractivity (Wildman–Crippen MR) is 104 cm³/mol. The minimum Gasteiger partial charge on any atom is -0.360 e. The maximum atomic E-state index is 9.41. The van der Waals surface area contributed by atoms with E-state index >= 15 is 0 Å². The first-order valence-electron chi connectivity index (χ1n) is 7.00. The molecule has 3 nitrogen and oxygen atoms in total. The fourth-order valence-electron chi connectivity index (χ4n) is 2.02. The van der Waals surface area contributed by atoms with E-state index in [2.05, 4.69) is 32.3 Å². The third-order valence-corrected chi connectivity index (χ3v) is 4.82. The number of rotatable bonds is 4. The molecule has 0 unspecified atom stereocenters. The fraction of sp³-hybridized carbons (Fsp3) is 0. The Morgan fingerprint density at radius 1 is 1.25 bits per heavy atom. The van der Waals surface area contributed by atoms with Gasteiger partial charge in [0.2, 0.25) is 0 Å². The molecular formula is C18H11BrClN3S. The van der Waals surface area contributed by atoms with E-state index in [0.29, 0.717) is 15.6 Å². The van der Waals surface area contributed by atoms with Crippen molar-refractivity contribution in [3.63, 3.8) is 0 Å². The standard InChI is InChI=1S/C18H11BrClN3S/c19-14-3-1-2-12(8-14)17-11-24-18(23-17)13(9-21)10-22-16-6-4-15(20)5-7-16/h1-8,10-11,22H/b13-10+. The topological polar surface area (TPSA) is 48.7 Å². The van der Waals surface area contributed by atoms with E-state index in [1.165, 1.54) is 11.3 Å². The maximum Gasteiger partial charge on any atom is 0.136 e. The number of halogens is 2. The third-order valence-electron chi connectivity index (χ3n) is 3.20. The number of nitriles is 1. The Kier molecular flexibility index (Phi) is 5.31. The minimum atomic E-state index is 0.483. The normalized spacial score (nSPS) is 11.1. The smallest absolute Gasteiger partial charge is 0.136 e. The molecule has 0 atom stereocenters. The van der Waals surface area contributed by atoms with E-state index in [9.17, 15) is 5.26 Å². The zero-order chi connectivity index (χ0) is 16.9. The Bertz CT molecular complexity index is 926. The highest BCUT2D eigenvalue weighted by Crippen LogP contribution is 2.27. The average Bonchev–Trinajstić information content (AvgIpc) is 3.07. The number of aromatic nitrogens is 1. The number of nitrogens with one attached hydrogen (secondary N) is 1. The zero-order valence-corrected chi connectivity index (χ0v) is 15.5. The van der Waals surface area contributed by atoms with Crippen molar-refractivity contribution < 1.29 is 0 Å². The summed E-state index contributed by atoms with van der Waals surface area (Å²) in [5.74, 6) is 0. The van der Waals surface area contributed by atoms with Crippen LogP contribution in [-0.2, 0) is 0 Å². The lowest BCUT2D eigenvalue weighted by Gasteiger charge is -2.01. The van der Waals surface area contributed by atoms with Gasteiger partial charge in [0.1, 0.15) is 16.6 Å². The molecule has 3 aromatic rings. The summed E-state index contributed by atoms with van der Waals surface area (Å²) in [5, 5.41) is 15.8. The van der Waals surface area contributed by atoms with Crippen molar-refractivity contribution in [2.24, 2.45) is 0 Å². The fourth-order valence-corrected chi connectivity index (χ4v) is 3.34. The van der Waals surface area contributed by atoms with Crippen LogP contribution in [0, 0.1) is 11.3 Å². The number of nitrogens with zero attached hydrogens (tertiary/aromatic N) is 2. The van der Waals surface area contributed by atoms with E-state index < -0.39 is 0 Å². The molecule has 0 saturated heterocycles. The third kappa shape index (κ3) is 4.04. The summed E-state index contributed by atoms with van der Waals surface area (Å²) in [6.07, 6.45) is 1.66. The molecule has 1 heterocycles. The van der Waals surface area contributed by atoms with Gasteiger partial charge in [0.25, 0.3) is 0 Å². The molecule has 0 aliphatic rings. The van der Waals surface area contributed by atoms with E-state index in [-0.39, 0.29) is 0 Å². The lowest BCUT2D eigenvalue weighted by Crippen LogP contribution is -1.90. The van der Waals surface area contributed by atoms with Crippen LogP contribution in [0.4, 0.5) is 5.69 Å². The van der Waals surface area contributed by atoms with Crippen LogP contribution in [0.5, 0.6) is 0 Å². The van der Waals surface area contributed by atoms with Gasteiger partial charge in [0, 0.05) is 32.3 Å². The van der Waals surface area contributed by atoms with Gasteiger partial charge < -0.3 is 5.32 Å². The molecule has 6 heteroatoms. The molecule has 1 N–H and O–H groups in total. The number of thiazole rings is 1. The average molecular weight is 417 g/mol. The molecule has 118 valence electrons. The van der Waals surface area contributed by atoms with Gasteiger partial charge in [-0.2, -0.15) is 5.26 Å². The monoisotopic (exact) mass is 415 g/mol. The van der Waals surface area contributed by atoms with Gasteiger partial charge in [-0.05, 0) is 36.4 Å². The number of benzene rings is 2. The van der Waals surface area contributed by atoms with Gasteiger partial charge in [0.15, 0.2) is 0 Å². The SMILES string of the molecule is N#C/C(=C\Nc1ccc(Cl)cc1)c1nc(-c2cccc(Br)c2)cs1. The Hall–Kier alpha value is -2.13. The van der Waals surface area contributed by atoms with E-state index in [4.69, 9.17) is 11.6 Å². The highest BCUT2D eigenvalue weighted by atomic mass is 79.9. The van der Waals surface area contributed by atoms with Crippen LogP contribution in [0.2, 0.25) is 5.02 Å². The van der Waals surface area contributed by atoms with Crippen LogP contribution < -0.4 is 5.32 Å². The summed E-state index contributed by atoms with van der Waals surface area (Å²) in [6, 6.07) is 17.4. The molecule has 2 aromatic carbocycles. The zero-order valence-electron chi connectivity index (χ0n) is 12.3. The van der Waals surface area contributed by atoms with Crippen LogP contribution in [0.25, 0.3) is 16.8 Å². The van der Waals surface area contributed by atoms with Gasteiger partial charge in [-0.15, -0.1) is 11.3 Å².